The number of rotatable bonds is 6. The molecule has 1 aromatic rings. The Bertz CT molecular complexity index is 318. The second kappa shape index (κ2) is 6.36. The topological polar surface area (TPSA) is 26.3 Å². The summed E-state index contributed by atoms with van der Waals surface area (Å²) in [7, 11) is 0. The SMILES string of the molecule is CCOCCC(=O)Cc1cccc(C)c1. The van der Waals surface area contributed by atoms with E-state index in [1.807, 2.05) is 32.0 Å². The van der Waals surface area contributed by atoms with E-state index >= 15 is 0 Å². The number of ether oxygens (including phenoxy) is 1. The van der Waals surface area contributed by atoms with E-state index in [0.29, 0.717) is 26.1 Å². The molecule has 0 aromatic heterocycles. The summed E-state index contributed by atoms with van der Waals surface area (Å²) in [5, 5.41) is 0. The number of hydrogen-bond acceptors (Lipinski definition) is 2. The minimum absolute atomic E-state index is 0.244. The maximum Gasteiger partial charge on any atom is 0.139 e. The fourth-order valence-electron chi connectivity index (χ4n) is 1.47. The highest BCUT2D eigenvalue weighted by Crippen LogP contribution is 2.06. The van der Waals surface area contributed by atoms with E-state index < -0.39 is 0 Å². The largest absolute Gasteiger partial charge is 0.381 e. The summed E-state index contributed by atoms with van der Waals surface area (Å²) in [6.07, 6.45) is 1.04. The molecule has 0 spiro atoms. The molecule has 0 unspecified atom stereocenters. The number of ketones is 1. The Morgan fingerprint density at radius 2 is 2.20 bits per heavy atom. The van der Waals surface area contributed by atoms with Crippen LogP contribution in [0.3, 0.4) is 0 Å². The van der Waals surface area contributed by atoms with Gasteiger partial charge in [0.2, 0.25) is 0 Å². The van der Waals surface area contributed by atoms with E-state index in [9.17, 15) is 4.79 Å². The number of aryl methyl sites for hydroxylation is 1. The average molecular weight is 206 g/mol. The molecule has 0 saturated heterocycles. The van der Waals surface area contributed by atoms with Gasteiger partial charge in [0.15, 0.2) is 0 Å². The maximum atomic E-state index is 11.5. The van der Waals surface area contributed by atoms with Crippen LogP contribution in [0.25, 0.3) is 0 Å². The molecule has 0 bridgehead atoms. The number of carbonyl (C=O) groups is 1. The van der Waals surface area contributed by atoms with Gasteiger partial charge in [-0.2, -0.15) is 0 Å². The smallest absolute Gasteiger partial charge is 0.139 e. The van der Waals surface area contributed by atoms with Crippen molar-refractivity contribution in [2.75, 3.05) is 13.2 Å². The highest BCUT2D eigenvalue weighted by molar-refractivity contribution is 5.80. The van der Waals surface area contributed by atoms with Crippen molar-refractivity contribution in [3.8, 4) is 0 Å². The summed E-state index contributed by atoms with van der Waals surface area (Å²) >= 11 is 0. The zero-order valence-electron chi connectivity index (χ0n) is 9.45. The standard InChI is InChI=1S/C13H18O2/c1-3-15-8-7-13(14)10-12-6-4-5-11(2)9-12/h4-6,9H,3,7-8,10H2,1-2H3. The molecule has 0 atom stereocenters. The molecule has 0 aliphatic heterocycles. The van der Waals surface area contributed by atoms with Gasteiger partial charge in [0.05, 0.1) is 6.61 Å². The van der Waals surface area contributed by atoms with Gasteiger partial charge in [-0.25, -0.2) is 0 Å². The first-order valence-corrected chi connectivity index (χ1v) is 5.37. The molecule has 0 heterocycles. The van der Waals surface area contributed by atoms with Gasteiger partial charge in [-0.15, -0.1) is 0 Å². The lowest BCUT2D eigenvalue weighted by Gasteiger charge is -2.02. The van der Waals surface area contributed by atoms with Crippen molar-refractivity contribution in [2.45, 2.75) is 26.7 Å². The van der Waals surface area contributed by atoms with Crippen LogP contribution in [0, 0.1) is 6.92 Å². The lowest BCUT2D eigenvalue weighted by molar-refractivity contribution is -0.119. The Balaban J connectivity index is 2.37. The number of hydrogen-bond donors (Lipinski definition) is 0. The van der Waals surface area contributed by atoms with E-state index in [-0.39, 0.29) is 5.78 Å². The molecule has 0 aliphatic rings. The molecule has 1 aromatic carbocycles. The number of carbonyl (C=O) groups excluding carboxylic acids is 1. The first-order valence-electron chi connectivity index (χ1n) is 5.37. The summed E-state index contributed by atoms with van der Waals surface area (Å²) < 4.78 is 5.14. The Morgan fingerprint density at radius 3 is 2.87 bits per heavy atom. The molecule has 15 heavy (non-hydrogen) atoms. The lowest BCUT2D eigenvalue weighted by Crippen LogP contribution is -2.07. The van der Waals surface area contributed by atoms with Crippen LogP contribution in [-0.4, -0.2) is 19.0 Å². The summed E-state index contributed by atoms with van der Waals surface area (Å²) in [6.45, 7) is 5.19. The molecule has 0 aliphatic carbocycles. The molecule has 2 heteroatoms. The minimum atomic E-state index is 0.244. The van der Waals surface area contributed by atoms with Gasteiger partial charge >= 0.3 is 0 Å². The zero-order valence-corrected chi connectivity index (χ0v) is 9.45. The Kier molecular flexibility index (Phi) is 5.05. The molecule has 2 nitrogen and oxygen atoms in total. The molecule has 0 radical (unpaired) electrons. The van der Waals surface area contributed by atoms with Gasteiger partial charge in [-0.1, -0.05) is 29.8 Å². The first-order chi connectivity index (χ1) is 7.22. The summed E-state index contributed by atoms with van der Waals surface area (Å²) in [6, 6.07) is 8.07. The molecule has 82 valence electrons. The summed E-state index contributed by atoms with van der Waals surface area (Å²) in [4.78, 5) is 11.5. The van der Waals surface area contributed by atoms with Crippen molar-refractivity contribution >= 4 is 5.78 Å². The molecule has 1 rings (SSSR count). The van der Waals surface area contributed by atoms with Gasteiger partial charge in [0, 0.05) is 19.4 Å². The first kappa shape index (κ1) is 11.9. The monoisotopic (exact) mass is 206 g/mol. The second-order valence-corrected chi connectivity index (χ2v) is 3.65. The van der Waals surface area contributed by atoms with Gasteiger partial charge in [-0.3, -0.25) is 4.79 Å². The molecule has 0 saturated carbocycles. The summed E-state index contributed by atoms with van der Waals surface area (Å²) in [5.74, 6) is 0.244. The predicted octanol–water partition coefficient (Wildman–Crippen LogP) is 2.53. The third-order valence-corrected chi connectivity index (χ3v) is 2.21. The van der Waals surface area contributed by atoms with Gasteiger partial charge in [0.1, 0.15) is 5.78 Å². The minimum Gasteiger partial charge on any atom is -0.381 e. The van der Waals surface area contributed by atoms with Crippen molar-refractivity contribution in [3.05, 3.63) is 35.4 Å². The fourth-order valence-corrected chi connectivity index (χ4v) is 1.47. The van der Waals surface area contributed by atoms with Crippen LogP contribution in [-0.2, 0) is 16.0 Å². The second-order valence-electron chi connectivity index (χ2n) is 3.65. The highest BCUT2D eigenvalue weighted by Gasteiger charge is 2.03. The number of Topliss-reactive ketones (excluding diaryl/α,β-unsaturated/α-hetero) is 1. The maximum absolute atomic E-state index is 11.5. The van der Waals surface area contributed by atoms with Crippen LogP contribution in [0.5, 0.6) is 0 Å². The van der Waals surface area contributed by atoms with E-state index in [1.54, 1.807) is 0 Å². The van der Waals surface area contributed by atoms with E-state index in [1.165, 1.54) is 5.56 Å². The molecule has 0 N–H and O–H groups in total. The van der Waals surface area contributed by atoms with Gasteiger partial charge in [-0.05, 0) is 19.4 Å². The average Bonchev–Trinajstić information content (AvgIpc) is 2.18. The quantitative estimate of drug-likeness (QED) is 0.668. The van der Waals surface area contributed by atoms with Crippen LogP contribution < -0.4 is 0 Å². The van der Waals surface area contributed by atoms with Crippen molar-refractivity contribution < 1.29 is 9.53 Å². The number of benzene rings is 1. The van der Waals surface area contributed by atoms with Crippen LogP contribution in [0.1, 0.15) is 24.5 Å². The highest BCUT2D eigenvalue weighted by atomic mass is 16.5. The van der Waals surface area contributed by atoms with Crippen LogP contribution in [0.15, 0.2) is 24.3 Å². The van der Waals surface area contributed by atoms with E-state index in [0.717, 1.165) is 5.56 Å². The van der Waals surface area contributed by atoms with Gasteiger partial charge in [0.25, 0.3) is 0 Å². The van der Waals surface area contributed by atoms with Crippen LogP contribution in [0.4, 0.5) is 0 Å². The fraction of sp³-hybridized carbons (Fsp3) is 0.462. The summed E-state index contributed by atoms with van der Waals surface area (Å²) in [5.41, 5.74) is 2.29. The Morgan fingerprint density at radius 1 is 1.40 bits per heavy atom. The van der Waals surface area contributed by atoms with Crippen LogP contribution in [0.2, 0.25) is 0 Å². The van der Waals surface area contributed by atoms with Crippen molar-refractivity contribution in [3.63, 3.8) is 0 Å². The molecule has 0 amide bonds. The lowest BCUT2D eigenvalue weighted by atomic mass is 10.1. The molecular formula is C13H18O2. The molecule has 0 fully saturated rings. The third kappa shape index (κ3) is 4.75. The van der Waals surface area contributed by atoms with E-state index in [2.05, 4.69) is 6.07 Å². The normalized spacial score (nSPS) is 10.3. The zero-order chi connectivity index (χ0) is 11.1. The van der Waals surface area contributed by atoms with Crippen LogP contribution >= 0.6 is 0 Å². The van der Waals surface area contributed by atoms with Crippen molar-refractivity contribution in [1.29, 1.82) is 0 Å². The third-order valence-electron chi connectivity index (χ3n) is 2.21. The molecular weight excluding hydrogens is 188 g/mol. The van der Waals surface area contributed by atoms with Crippen molar-refractivity contribution in [2.24, 2.45) is 0 Å². The van der Waals surface area contributed by atoms with Crippen molar-refractivity contribution in [1.82, 2.24) is 0 Å². The Labute approximate surface area is 91.3 Å². The van der Waals surface area contributed by atoms with E-state index in [4.69, 9.17) is 4.74 Å². The van der Waals surface area contributed by atoms with Gasteiger partial charge < -0.3 is 4.74 Å². The predicted molar refractivity (Wildman–Crippen MR) is 61.0 cm³/mol. The Hall–Kier alpha value is -1.15.